The molecule has 0 saturated carbocycles. The predicted molar refractivity (Wildman–Crippen MR) is 93.7 cm³/mol. The van der Waals surface area contributed by atoms with Gasteiger partial charge in [0.05, 0.1) is 25.5 Å². The Kier molecular flexibility index (Phi) is 7.77. The molecule has 0 saturated heterocycles. The van der Waals surface area contributed by atoms with Gasteiger partial charge < -0.3 is 15.2 Å². The van der Waals surface area contributed by atoms with Crippen LogP contribution in [-0.2, 0) is 30.3 Å². The summed E-state index contributed by atoms with van der Waals surface area (Å²) in [6, 6.07) is 8.63. The first-order valence-corrected chi connectivity index (χ1v) is 8.24. The number of ketones is 1. The Morgan fingerprint density at radius 1 is 1.08 bits per heavy atom. The first-order valence-electron chi connectivity index (χ1n) is 8.24. The summed E-state index contributed by atoms with van der Waals surface area (Å²) >= 11 is 0. The third-order valence-corrected chi connectivity index (χ3v) is 3.53. The van der Waals surface area contributed by atoms with Crippen molar-refractivity contribution in [2.75, 3.05) is 7.11 Å². The SMILES string of the molecule is COC(=O)[C@H](CC(=O)OC(C)(C)C)CC(=O)[C@@H](N)Cc1ccccc1. The van der Waals surface area contributed by atoms with E-state index in [0.29, 0.717) is 6.42 Å². The number of methoxy groups -OCH3 is 1. The van der Waals surface area contributed by atoms with Crippen molar-refractivity contribution in [1.29, 1.82) is 0 Å². The fourth-order valence-electron chi connectivity index (χ4n) is 2.37. The van der Waals surface area contributed by atoms with Crippen LogP contribution in [0.25, 0.3) is 0 Å². The van der Waals surface area contributed by atoms with Crippen molar-refractivity contribution < 1.29 is 23.9 Å². The molecule has 0 aromatic heterocycles. The molecule has 6 heteroatoms. The maximum atomic E-state index is 12.4. The summed E-state index contributed by atoms with van der Waals surface area (Å²) in [7, 11) is 1.22. The minimum absolute atomic E-state index is 0.153. The minimum atomic E-state index is -0.894. The fourth-order valence-corrected chi connectivity index (χ4v) is 2.37. The van der Waals surface area contributed by atoms with Crippen LogP contribution in [0.1, 0.15) is 39.2 Å². The molecule has 0 heterocycles. The molecule has 0 aliphatic rings. The van der Waals surface area contributed by atoms with Crippen LogP contribution in [0, 0.1) is 5.92 Å². The number of hydrogen-bond acceptors (Lipinski definition) is 6. The van der Waals surface area contributed by atoms with Gasteiger partial charge in [-0.15, -0.1) is 0 Å². The van der Waals surface area contributed by atoms with Gasteiger partial charge in [0.1, 0.15) is 5.60 Å². The van der Waals surface area contributed by atoms with E-state index in [9.17, 15) is 14.4 Å². The maximum absolute atomic E-state index is 12.4. The molecule has 1 rings (SSSR count). The Labute approximate surface area is 148 Å². The number of carbonyl (C=O) groups excluding carboxylic acids is 3. The van der Waals surface area contributed by atoms with E-state index in [2.05, 4.69) is 0 Å². The van der Waals surface area contributed by atoms with Crippen molar-refractivity contribution in [2.45, 2.75) is 51.7 Å². The first-order chi connectivity index (χ1) is 11.6. The van der Waals surface area contributed by atoms with Crippen LogP contribution in [0.15, 0.2) is 30.3 Å². The summed E-state index contributed by atoms with van der Waals surface area (Å²) in [5.41, 5.74) is 6.23. The number of benzene rings is 1. The Morgan fingerprint density at radius 3 is 2.20 bits per heavy atom. The largest absolute Gasteiger partial charge is 0.469 e. The summed E-state index contributed by atoms with van der Waals surface area (Å²) in [6.07, 6.45) is 0.00760. The number of ether oxygens (including phenoxy) is 2. The van der Waals surface area contributed by atoms with Crippen LogP contribution in [0.5, 0.6) is 0 Å². The van der Waals surface area contributed by atoms with Crippen molar-refractivity contribution in [3.63, 3.8) is 0 Å². The zero-order chi connectivity index (χ0) is 19.0. The molecule has 0 aliphatic carbocycles. The molecule has 0 aliphatic heterocycles. The van der Waals surface area contributed by atoms with Gasteiger partial charge in [0.2, 0.25) is 0 Å². The molecule has 0 spiro atoms. The second kappa shape index (κ2) is 9.32. The van der Waals surface area contributed by atoms with Crippen LogP contribution >= 0.6 is 0 Å². The van der Waals surface area contributed by atoms with E-state index in [1.165, 1.54) is 7.11 Å². The summed E-state index contributed by atoms with van der Waals surface area (Å²) in [5, 5.41) is 0. The van der Waals surface area contributed by atoms with E-state index in [-0.39, 0.29) is 18.6 Å². The summed E-state index contributed by atoms with van der Waals surface area (Å²) in [6.45, 7) is 5.21. The fraction of sp³-hybridized carbons (Fsp3) is 0.526. The summed E-state index contributed by atoms with van der Waals surface area (Å²) < 4.78 is 9.91. The van der Waals surface area contributed by atoms with E-state index < -0.39 is 29.5 Å². The molecule has 0 radical (unpaired) electrons. The van der Waals surface area contributed by atoms with Crippen LogP contribution in [0.4, 0.5) is 0 Å². The highest BCUT2D eigenvalue weighted by Gasteiger charge is 2.30. The Balaban J connectivity index is 2.69. The summed E-state index contributed by atoms with van der Waals surface area (Å²) in [5.74, 6) is -2.35. The number of Topliss-reactive ketones (excluding diaryl/α,β-unsaturated/α-hetero) is 1. The molecule has 6 nitrogen and oxygen atoms in total. The molecular weight excluding hydrogens is 322 g/mol. The average molecular weight is 349 g/mol. The van der Waals surface area contributed by atoms with E-state index in [1.807, 2.05) is 30.3 Å². The van der Waals surface area contributed by atoms with Gasteiger partial charge in [-0.3, -0.25) is 14.4 Å². The topological polar surface area (TPSA) is 95.7 Å². The molecule has 0 bridgehead atoms. The van der Waals surface area contributed by atoms with Crippen LogP contribution in [0.2, 0.25) is 0 Å². The highest BCUT2D eigenvalue weighted by molar-refractivity contribution is 5.90. The van der Waals surface area contributed by atoms with Crippen molar-refractivity contribution in [3.05, 3.63) is 35.9 Å². The number of hydrogen-bond donors (Lipinski definition) is 1. The Bertz CT molecular complexity index is 592. The molecule has 2 atom stereocenters. The van der Waals surface area contributed by atoms with Crippen molar-refractivity contribution >= 4 is 17.7 Å². The van der Waals surface area contributed by atoms with E-state index in [0.717, 1.165) is 5.56 Å². The molecule has 0 fully saturated rings. The third kappa shape index (κ3) is 7.94. The van der Waals surface area contributed by atoms with Gasteiger partial charge in [0.25, 0.3) is 0 Å². The lowest BCUT2D eigenvalue weighted by Gasteiger charge is -2.21. The van der Waals surface area contributed by atoms with Gasteiger partial charge in [-0.05, 0) is 32.8 Å². The lowest BCUT2D eigenvalue weighted by molar-refractivity contribution is -0.161. The monoisotopic (exact) mass is 349 g/mol. The molecule has 0 amide bonds. The lowest BCUT2D eigenvalue weighted by atomic mass is 9.93. The highest BCUT2D eigenvalue weighted by atomic mass is 16.6. The molecule has 2 N–H and O–H groups in total. The number of rotatable bonds is 8. The second-order valence-corrected chi connectivity index (χ2v) is 6.98. The number of carbonyl (C=O) groups is 3. The zero-order valence-electron chi connectivity index (χ0n) is 15.3. The highest BCUT2D eigenvalue weighted by Crippen LogP contribution is 2.17. The molecule has 25 heavy (non-hydrogen) atoms. The maximum Gasteiger partial charge on any atom is 0.309 e. The molecule has 138 valence electrons. The van der Waals surface area contributed by atoms with Crippen LogP contribution in [-0.4, -0.2) is 36.5 Å². The quantitative estimate of drug-likeness (QED) is 0.722. The van der Waals surface area contributed by atoms with Gasteiger partial charge in [-0.2, -0.15) is 0 Å². The molecule has 1 aromatic rings. The number of esters is 2. The smallest absolute Gasteiger partial charge is 0.309 e. The minimum Gasteiger partial charge on any atom is -0.469 e. The van der Waals surface area contributed by atoms with Gasteiger partial charge in [0.15, 0.2) is 5.78 Å². The van der Waals surface area contributed by atoms with E-state index >= 15 is 0 Å². The lowest BCUT2D eigenvalue weighted by Crippen LogP contribution is -2.36. The van der Waals surface area contributed by atoms with E-state index in [4.69, 9.17) is 15.2 Å². The first kappa shape index (κ1) is 20.8. The Hall–Kier alpha value is -2.21. The standard InChI is InChI=1S/C19H27NO5/c1-19(2,3)25-17(22)12-14(18(23)24-4)11-16(21)15(20)10-13-8-6-5-7-9-13/h5-9,14-15H,10-12,20H2,1-4H3/t14-,15-/m0/s1. The van der Waals surface area contributed by atoms with E-state index in [1.54, 1.807) is 20.8 Å². The molecule has 1 aromatic carbocycles. The average Bonchev–Trinajstić information content (AvgIpc) is 2.52. The van der Waals surface area contributed by atoms with Gasteiger partial charge in [-0.25, -0.2) is 0 Å². The van der Waals surface area contributed by atoms with Crippen molar-refractivity contribution in [3.8, 4) is 0 Å². The van der Waals surface area contributed by atoms with Crippen molar-refractivity contribution in [1.82, 2.24) is 0 Å². The molecule has 0 unspecified atom stereocenters. The zero-order valence-corrected chi connectivity index (χ0v) is 15.3. The van der Waals surface area contributed by atoms with Crippen molar-refractivity contribution in [2.24, 2.45) is 11.7 Å². The van der Waals surface area contributed by atoms with Crippen LogP contribution in [0.3, 0.4) is 0 Å². The van der Waals surface area contributed by atoms with Gasteiger partial charge >= 0.3 is 11.9 Å². The predicted octanol–water partition coefficient (Wildman–Crippen LogP) is 2.04. The van der Waals surface area contributed by atoms with Gasteiger partial charge in [0, 0.05) is 6.42 Å². The second-order valence-electron chi connectivity index (χ2n) is 6.98. The third-order valence-electron chi connectivity index (χ3n) is 3.53. The van der Waals surface area contributed by atoms with Gasteiger partial charge in [-0.1, -0.05) is 30.3 Å². The van der Waals surface area contributed by atoms with Crippen LogP contribution < -0.4 is 5.73 Å². The molecular formula is C19H27NO5. The summed E-state index contributed by atoms with van der Waals surface area (Å²) in [4.78, 5) is 36.2. The Morgan fingerprint density at radius 2 is 1.68 bits per heavy atom. The normalized spacial score (nSPS) is 13.6. The number of nitrogens with two attached hydrogens (primary N) is 1.